The molecule has 0 radical (unpaired) electrons. The predicted octanol–water partition coefficient (Wildman–Crippen LogP) is 3.32. The van der Waals surface area contributed by atoms with Crippen molar-refractivity contribution in [3.8, 4) is 0 Å². The zero-order chi connectivity index (χ0) is 12.5. The molecule has 0 unspecified atom stereocenters. The predicted molar refractivity (Wildman–Crippen MR) is 89.4 cm³/mol. The van der Waals surface area contributed by atoms with Crippen molar-refractivity contribution in [1.82, 2.24) is 14.5 Å². The molecule has 0 bridgehead atoms. The fourth-order valence-corrected chi connectivity index (χ4v) is 3.03. The Bertz CT molecular complexity index is 563. The number of aromatic nitrogens is 2. The second-order valence-corrected chi connectivity index (χ2v) is 5.48. The summed E-state index contributed by atoms with van der Waals surface area (Å²) in [4.78, 5) is 6.56. The average Bonchev–Trinajstić information content (AvgIpc) is 2.71. The molecule has 0 amide bonds. The van der Waals surface area contributed by atoms with Crippen LogP contribution in [0.25, 0.3) is 10.9 Å². The third-order valence-corrected chi connectivity index (χ3v) is 3.95. The first-order valence-corrected chi connectivity index (χ1v) is 6.86. The highest BCUT2D eigenvalue weighted by Crippen LogP contribution is 2.31. The number of rotatable bonds is 3. The number of fused-ring (bicyclic) bond motifs is 3. The summed E-state index contributed by atoms with van der Waals surface area (Å²) in [5.74, 6) is 0. The Morgan fingerprint density at radius 3 is 2.70 bits per heavy atom. The number of aryl methyl sites for hydroxylation is 1. The van der Waals surface area contributed by atoms with Crippen molar-refractivity contribution in [3.05, 3.63) is 29.7 Å². The number of pyridine rings is 1. The van der Waals surface area contributed by atoms with E-state index in [1.54, 1.807) is 11.3 Å². The van der Waals surface area contributed by atoms with Gasteiger partial charge in [-0.05, 0) is 51.4 Å². The van der Waals surface area contributed by atoms with E-state index in [9.17, 15) is 0 Å². The monoisotopic (exact) mass is 315 g/mol. The highest BCUT2D eigenvalue weighted by atomic mass is 35.5. The third-order valence-electron chi connectivity index (χ3n) is 3.95. The van der Waals surface area contributed by atoms with Gasteiger partial charge in [-0.2, -0.15) is 0 Å². The van der Waals surface area contributed by atoms with Crippen molar-refractivity contribution in [1.29, 1.82) is 0 Å². The molecule has 0 saturated carbocycles. The number of nitrogens with zero attached hydrogens (tertiary/aromatic N) is 3. The van der Waals surface area contributed by atoms with Crippen LogP contribution in [0.1, 0.15) is 24.1 Å². The lowest BCUT2D eigenvalue weighted by Gasteiger charge is -2.17. The van der Waals surface area contributed by atoms with Crippen molar-refractivity contribution < 1.29 is 0 Å². The Balaban J connectivity index is 0.000001000. The van der Waals surface area contributed by atoms with Crippen molar-refractivity contribution in [2.75, 3.05) is 20.6 Å². The Morgan fingerprint density at radius 2 is 1.95 bits per heavy atom. The molecule has 0 aliphatic heterocycles. The van der Waals surface area contributed by atoms with Crippen molar-refractivity contribution in [3.63, 3.8) is 0 Å². The lowest BCUT2D eigenvalue weighted by molar-refractivity contribution is 0.383. The molecule has 1 aliphatic carbocycles. The largest absolute Gasteiger partial charge is 0.343 e. The van der Waals surface area contributed by atoms with E-state index in [1.807, 2.05) is 12.4 Å². The van der Waals surface area contributed by atoms with E-state index in [4.69, 9.17) is 0 Å². The van der Waals surface area contributed by atoms with Crippen molar-refractivity contribution in [2.24, 2.45) is 0 Å². The van der Waals surface area contributed by atoms with Gasteiger partial charge in [0.15, 0.2) is 0 Å². The van der Waals surface area contributed by atoms with Gasteiger partial charge in [-0.15, -0.1) is 24.8 Å². The third kappa shape index (κ3) is 3.11. The van der Waals surface area contributed by atoms with Crippen LogP contribution in [-0.2, 0) is 19.4 Å². The first-order chi connectivity index (χ1) is 8.77. The maximum Gasteiger partial charge on any atom is 0.0516 e. The van der Waals surface area contributed by atoms with Crippen LogP contribution in [0.5, 0.6) is 0 Å². The maximum atomic E-state index is 4.31. The standard InChI is InChI=1S/C15H21N3.2ClH/c1-17(2)9-10-18-14-6-4-3-5-12(14)13-11-16-8-7-15(13)18;;/h7-8,11H,3-6,9-10H2,1-2H3;2*1H. The van der Waals surface area contributed by atoms with Crippen LogP contribution < -0.4 is 0 Å². The van der Waals surface area contributed by atoms with E-state index in [-0.39, 0.29) is 24.8 Å². The fourth-order valence-electron chi connectivity index (χ4n) is 3.03. The molecular formula is C15H23Cl2N3. The van der Waals surface area contributed by atoms with Gasteiger partial charge in [0, 0.05) is 36.6 Å². The number of likely N-dealkylation sites (N-methyl/N-ethyl adjacent to an activating group) is 1. The van der Waals surface area contributed by atoms with E-state index in [0.717, 1.165) is 13.1 Å². The zero-order valence-corrected chi connectivity index (χ0v) is 13.8. The first-order valence-electron chi connectivity index (χ1n) is 6.86. The van der Waals surface area contributed by atoms with E-state index in [0.29, 0.717) is 0 Å². The highest BCUT2D eigenvalue weighted by molar-refractivity contribution is 5.86. The first kappa shape index (κ1) is 17.3. The average molecular weight is 316 g/mol. The Hall–Kier alpha value is -0.770. The second kappa shape index (κ2) is 7.30. The summed E-state index contributed by atoms with van der Waals surface area (Å²) in [5, 5.41) is 1.38. The summed E-state index contributed by atoms with van der Waals surface area (Å²) >= 11 is 0. The molecule has 20 heavy (non-hydrogen) atoms. The molecule has 2 heterocycles. The molecule has 2 aromatic rings. The minimum atomic E-state index is 0. The van der Waals surface area contributed by atoms with Crippen LogP contribution in [0.4, 0.5) is 0 Å². The number of hydrogen-bond acceptors (Lipinski definition) is 2. The van der Waals surface area contributed by atoms with Gasteiger partial charge in [0.2, 0.25) is 0 Å². The Morgan fingerprint density at radius 1 is 1.20 bits per heavy atom. The molecular weight excluding hydrogens is 293 g/mol. The number of halogens is 2. The number of hydrogen-bond donors (Lipinski definition) is 0. The molecule has 112 valence electrons. The molecule has 2 aromatic heterocycles. The topological polar surface area (TPSA) is 21.1 Å². The lowest BCUT2D eigenvalue weighted by Crippen LogP contribution is -2.20. The van der Waals surface area contributed by atoms with E-state index < -0.39 is 0 Å². The van der Waals surface area contributed by atoms with Crippen LogP contribution in [0.2, 0.25) is 0 Å². The van der Waals surface area contributed by atoms with Gasteiger partial charge in [0.05, 0.1) is 5.52 Å². The summed E-state index contributed by atoms with van der Waals surface area (Å²) < 4.78 is 2.52. The van der Waals surface area contributed by atoms with Crippen LogP contribution >= 0.6 is 24.8 Å². The highest BCUT2D eigenvalue weighted by Gasteiger charge is 2.19. The van der Waals surface area contributed by atoms with Crippen LogP contribution in [0, 0.1) is 0 Å². The second-order valence-electron chi connectivity index (χ2n) is 5.48. The molecule has 1 aliphatic rings. The molecule has 3 nitrogen and oxygen atoms in total. The van der Waals surface area contributed by atoms with Crippen molar-refractivity contribution >= 4 is 35.7 Å². The van der Waals surface area contributed by atoms with Gasteiger partial charge in [0.1, 0.15) is 0 Å². The van der Waals surface area contributed by atoms with Gasteiger partial charge in [-0.3, -0.25) is 4.98 Å². The van der Waals surface area contributed by atoms with Gasteiger partial charge in [-0.25, -0.2) is 0 Å². The minimum absolute atomic E-state index is 0. The summed E-state index contributed by atoms with van der Waals surface area (Å²) in [5.41, 5.74) is 4.49. The van der Waals surface area contributed by atoms with Crippen LogP contribution in [0.3, 0.4) is 0 Å². The van der Waals surface area contributed by atoms with Crippen LogP contribution in [-0.4, -0.2) is 35.1 Å². The van der Waals surface area contributed by atoms with E-state index in [1.165, 1.54) is 36.6 Å². The molecule has 0 saturated heterocycles. The SMILES string of the molecule is CN(C)CCn1c2c(c3cnccc31)CCCC2.Cl.Cl. The van der Waals surface area contributed by atoms with Gasteiger partial charge in [0.25, 0.3) is 0 Å². The molecule has 0 aromatic carbocycles. The van der Waals surface area contributed by atoms with Gasteiger partial charge >= 0.3 is 0 Å². The summed E-state index contributed by atoms with van der Waals surface area (Å²) in [6.45, 7) is 2.18. The Kier molecular flexibility index (Phi) is 6.31. The summed E-state index contributed by atoms with van der Waals surface area (Å²) in [6, 6.07) is 2.17. The molecule has 0 fully saturated rings. The molecule has 3 rings (SSSR count). The minimum Gasteiger partial charge on any atom is -0.343 e. The summed E-state index contributed by atoms with van der Waals surface area (Å²) in [6.07, 6.45) is 9.09. The van der Waals surface area contributed by atoms with E-state index >= 15 is 0 Å². The van der Waals surface area contributed by atoms with Gasteiger partial charge in [-0.1, -0.05) is 0 Å². The molecule has 0 spiro atoms. The Labute approximate surface area is 133 Å². The molecule has 0 atom stereocenters. The van der Waals surface area contributed by atoms with Crippen molar-refractivity contribution in [2.45, 2.75) is 32.2 Å². The maximum absolute atomic E-state index is 4.31. The zero-order valence-electron chi connectivity index (χ0n) is 12.1. The van der Waals surface area contributed by atoms with Crippen LogP contribution in [0.15, 0.2) is 18.5 Å². The molecule has 5 heteroatoms. The smallest absolute Gasteiger partial charge is 0.0516 e. The normalized spacial score (nSPS) is 13.8. The fraction of sp³-hybridized carbons (Fsp3) is 0.533. The van der Waals surface area contributed by atoms with E-state index in [2.05, 4.69) is 34.6 Å². The lowest BCUT2D eigenvalue weighted by atomic mass is 9.96. The molecule has 0 N–H and O–H groups in total. The summed E-state index contributed by atoms with van der Waals surface area (Å²) in [7, 11) is 4.28. The van der Waals surface area contributed by atoms with Gasteiger partial charge < -0.3 is 9.47 Å². The quantitative estimate of drug-likeness (QED) is 0.866.